The van der Waals surface area contributed by atoms with Crippen LogP contribution in [0.3, 0.4) is 0 Å². The van der Waals surface area contributed by atoms with Crippen molar-refractivity contribution in [3.8, 4) is 5.75 Å². The van der Waals surface area contributed by atoms with Crippen LogP contribution in [0.4, 0.5) is 0 Å². The number of ether oxygens (including phenoxy) is 1. The topological polar surface area (TPSA) is 58.6 Å². The third-order valence-corrected chi connectivity index (χ3v) is 6.16. The first-order valence-electron chi connectivity index (χ1n) is 9.29. The van der Waals surface area contributed by atoms with Crippen LogP contribution in [-0.2, 0) is 10.0 Å². The summed E-state index contributed by atoms with van der Waals surface area (Å²) >= 11 is 0. The lowest BCUT2D eigenvalue weighted by Gasteiger charge is -2.26. The molecule has 0 saturated carbocycles. The maximum Gasteiger partial charge on any atom is 0.240 e. The molecular weight excluding hydrogens is 372 g/mol. The van der Waals surface area contributed by atoms with Crippen molar-refractivity contribution in [2.24, 2.45) is 0 Å². The molecule has 3 aromatic rings. The lowest BCUT2D eigenvalue weighted by atomic mass is 9.98. The average Bonchev–Trinajstić information content (AvgIpc) is 2.68. The van der Waals surface area contributed by atoms with Gasteiger partial charge in [-0.2, -0.15) is 0 Å². The molecule has 0 aliphatic rings. The van der Waals surface area contributed by atoms with Gasteiger partial charge in [0.25, 0.3) is 0 Å². The summed E-state index contributed by atoms with van der Waals surface area (Å²) in [6.45, 7) is 2.71. The molecule has 0 aliphatic heterocycles. The maximum atomic E-state index is 12.8. The van der Waals surface area contributed by atoms with Crippen LogP contribution >= 0.6 is 0 Å². The van der Waals surface area contributed by atoms with E-state index in [0.29, 0.717) is 12.4 Å². The van der Waals surface area contributed by atoms with Gasteiger partial charge in [-0.1, -0.05) is 42.5 Å². The highest BCUT2D eigenvalue weighted by Gasteiger charge is 2.21. The van der Waals surface area contributed by atoms with E-state index in [4.69, 9.17) is 4.74 Å². The van der Waals surface area contributed by atoms with Crippen LogP contribution < -0.4 is 9.46 Å². The molecule has 3 rings (SSSR count). The fraction of sp³-hybridized carbons (Fsp3) is 0.273. The zero-order chi connectivity index (χ0) is 20.1. The minimum absolute atomic E-state index is 0.0939. The standard InChI is InChI=1S/C22H26N2O3S/c1-4-27-18-12-14-19(15-13-18)28(25,26)23-16-22(24(2)3)21-11-7-9-17-8-5-6-10-20(17)21/h5-15,22-23H,4,16H2,1-3H3/t22-/m0/s1. The van der Waals surface area contributed by atoms with E-state index in [1.54, 1.807) is 24.3 Å². The lowest BCUT2D eigenvalue weighted by molar-refractivity contribution is 0.301. The summed E-state index contributed by atoms with van der Waals surface area (Å²) < 4.78 is 33.6. The van der Waals surface area contributed by atoms with Crippen LogP contribution in [0.15, 0.2) is 71.6 Å². The van der Waals surface area contributed by atoms with E-state index >= 15 is 0 Å². The number of fused-ring (bicyclic) bond motifs is 1. The fourth-order valence-electron chi connectivity index (χ4n) is 3.27. The molecule has 0 saturated heterocycles. The number of likely N-dealkylation sites (N-methyl/N-ethyl adjacent to an activating group) is 1. The van der Waals surface area contributed by atoms with Crippen molar-refractivity contribution in [3.05, 3.63) is 72.3 Å². The fourth-order valence-corrected chi connectivity index (χ4v) is 4.30. The Hall–Kier alpha value is -2.41. The molecule has 6 heteroatoms. The second-order valence-electron chi connectivity index (χ2n) is 6.80. The predicted molar refractivity (Wildman–Crippen MR) is 113 cm³/mol. The van der Waals surface area contributed by atoms with Gasteiger partial charge in [-0.25, -0.2) is 13.1 Å². The predicted octanol–water partition coefficient (Wildman–Crippen LogP) is 3.82. The summed E-state index contributed by atoms with van der Waals surface area (Å²) in [5, 5.41) is 2.27. The lowest BCUT2D eigenvalue weighted by Crippen LogP contribution is -2.34. The molecule has 3 aromatic carbocycles. The second-order valence-corrected chi connectivity index (χ2v) is 8.57. The van der Waals surface area contributed by atoms with Crippen molar-refractivity contribution in [1.29, 1.82) is 0 Å². The molecule has 0 unspecified atom stereocenters. The number of hydrogen-bond donors (Lipinski definition) is 1. The third kappa shape index (κ3) is 4.52. The van der Waals surface area contributed by atoms with Crippen molar-refractivity contribution in [2.75, 3.05) is 27.2 Å². The molecule has 0 aromatic heterocycles. The van der Waals surface area contributed by atoms with Gasteiger partial charge in [-0.15, -0.1) is 0 Å². The quantitative estimate of drug-likeness (QED) is 0.627. The van der Waals surface area contributed by atoms with Crippen molar-refractivity contribution in [2.45, 2.75) is 17.9 Å². The number of hydrogen-bond acceptors (Lipinski definition) is 4. The molecule has 0 amide bonds. The van der Waals surface area contributed by atoms with E-state index in [2.05, 4.69) is 29.0 Å². The van der Waals surface area contributed by atoms with Crippen molar-refractivity contribution >= 4 is 20.8 Å². The number of nitrogens with one attached hydrogen (secondary N) is 1. The number of benzene rings is 3. The van der Waals surface area contributed by atoms with Crippen LogP contribution in [-0.4, -0.2) is 40.6 Å². The van der Waals surface area contributed by atoms with E-state index in [1.807, 2.05) is 44.1 Å². The highest BCUT2D eigenvalue weighted by molar-refractivity contribution is 7.89. The van der Waals surface area contributed by atoms with E-state index < -0.39 is 10.0 Å². The summed E-state index contributed by atoms with van der Waals surface area (Å²) in [4.78, 5) is 2.26. The zero-order valence-corrected chi connectivity index (χ0v) is 17.2. The second kappa shape index (κ2) is 8.73. The minimum Gasteiger partial charge on any atom is -0.494 e. The molecule has 148 valence electrons. The summed E-state index contributed by atoms with van der Waals surface area (Å²) in [6.07, 6.45) is 0. The van der Waals surface area contributed by atoms with Crippen LogP contribution in [0, 0.1) is 0 Å². The molecule has 0 bridgehead atoms. The Labute approximate surface area is 167 Å². The van der Waals surface area contributed by atoms with Gasteiger partial charge < -0.3 is 9.64 Å². The minimum atomic E-state index is -3.61. The SMILES string of the molecule is CCOc1ccc(S(=O)(=O)NC[C@@H](c2cccc3ccccc23)N(C)C)cc1. The van der Waals surface area contributed by atoms with Gasteiger partial charge >= 0.3 is 0 Å². The Balaban J connectivity index is 1.83. The van der Waals surface area contributed by atoms with Gasteiger partial charge in [-0.3, -0.25) is 0 Å². The third-order valence-electron chi connectivity index (χ3n) is 4.72. The van der Waals surface area contributed by atoms with Crippen molar-refractivity contribution in [3.63, 3.8) is 0 Å². The van der Waals surface area contributed by atoms with Crippen LogP contribution in [0.2, 0.25) is 0 Å². The van der Waals surface area contributed by atoms with Gasteiger partial charge in [0.2, 0.25) is 10.0 Å². The maximum absolute atomic E-state index is 12.8. The first-order chi connectivity index (χ1) is 13.4. The Kier molecular flexibility index (Phi) is 6.34. The molecule has 0 spiro atoms. The Morgan fingerprint density at radius 1 is 0.964 bits per heavy atom. The molecule has 1 N–H and O–H groups in total. The summed E-state index contributed by atoms with van der Waals surface area (Å²) in [5.74, 6) is 0.656. The van der Waals surface area contributed by atoms with Gasteiger partial charge in [0.15, 0.2) is 0 Å². The normalized spacial score (nSPS) is 13.0. The molecule has 0 aliphatic carbocycles. The molecule has 0 radical (unpaired) electrons. The molecule has 1 atom stereocenters. The first-order valence-corrected chi connectivity index (χ1v) is 10.8. The highest BCUT2D eigenvalue weighted by Crippen LogP contribution is 2.27. The van der Waals surface area contributed by atoms with E-state index in [-0.39, 0.29) is 17.5 Å². The Morgan fingerprint density at radius 2 is 1.64 bits per heavy atom. The number of sulfonamides is 1. The molecule has 0 fully saturated rings. The monoisotopic (exact) mass is 398 g/mol. The van der Waals surface area contributed by atoms with Crippen LogP contribution in [0.1, 0.15) is 18.5 Å². The Morgan fingerprint density at radius 3 is 2.32 bits per heavy atom. The summed E-state index contributed by atoms with van der Waals surface area (Å²) in [7, 11) is 0.298. The molecule has 28 heavy (non-hydrogen) atoms. The number of rotatable bonds is 8. The van der Waals surface area contributed by atoms with Crippen LogP contribution in [0.25, 0.3) is 10.8 Å². The van der Waals surface area contributed by atoms with E-state index in [1.165, 1.54) is 0 Å². The summed E-state index contributed by atoms with van der Waals surface area (Å²) in [6, 6.07) is 20.7. The smallest absolute Gasteiger partial charge is 0.240 e. The molecule has 5 nitrogen and oxygen atoms in total. The largest absolute Gasteiger partial charge is 0.494 e. The van der Waals surface area contributed by atoms with Crippen molar-refractivity contribution < 1.29 is 13.2 Å². The highest BCUT2D eigenvalue weighted by atomic mass is 32.2. The van der Waals surface area contributed by atoms with E-state index in [0.717, 1.165) is 16.3 Å². The van der Waals surface area contributed by atoms with Crippen molar-refractivity contribution in [1.82, 2.24) is 9.62 Å². The van der Waals surface area contributed by atoms with Gasteiger partial charge in [0.05, 0.1) is 11.5 Å². The number of nitrogens with zero attached hydrogens (tertiary/aromatic N) is 1. The summed E-state index contributed by atoms with van der Waals surface area (Å²) in [5.41, 5.74) is 1.09. The molecule has 0 heterocycles. The van der Waals surface area contributed by atoms with E-state index in [9.17, 15) is 8.42 Å². The average molecular weight is 399 g/mol. The molecular formula is C22H26N2O3S. The van der Waals surface area contributed by atoms with Gasteiger partial charge in [0, 0.05) is 12.6 Å². The van der Waals surface area contributed by atoms with Crippen LogP contribution in [0.5, 0.6) is 5.75 Å². The first kappa shape index (κ1) is 20.3. The Bertz CT molecular complexity index is 1030. The van der Waals surface area contributed by atoms with Gasteiger partial charge in [0.1, 0.15) is 5.75 Å². The van der Waals surface area contributed by atoms with Gasteiger partial charge in [-0.05, 0) is 61.6 Å². The zero-order valence-electron chi connectivity index (χ0n) is 16.4.